The molecule has 0 radical (unpaired) electrons. The molecule has 3 N–H and O–H groups in total. The number of nitrogens with two attached hydrogens (primary N) is 1. The summed E-state index contributed by atoms with van der Waals surface area (Å²) in [7, 11) is -3.11. The molecule has 0 atom stereocenters. The second-order valence-corrected chi connectivity index (χ2v) is 6.49. The van der Waals surface area contributed by atoms with E-state index in [0.717, 1.165) is 5.69 Å². The van der Waals surface area contributed by atoms with E-state index in [9.17, 15) is 13.2 Å². The number of H-pyrrole nitrogens is 1. The van der Waals surface area contributed by atoms with Gasteiger partial charge in [-0.1, -0.05) is 0 Å². The molecule has 1 aromatic heterocycles. The van der Waals surface area contributed by atoms with Crippen molar-refractivity contribution in [2.75, 3.05) is 19.3 Å². The summed E-state index contributed by atoms with van der Waals surface area (Å²) in [6.07, 6.45) is 2.65. The van der Waals surface area contributed by atoms with Gasteiger partial charge in [-0.15, -0.1) is 0 Å². The summed E-state index contributed by atoms with van der Waals surface area (Å²) in [4.78, 5) is 10.9. The van der Waals surface area contributed by atoms with Crippen LogP contribution in [0.2, 0.25) is 0 Å². The predicted molar refractivity (Wildman–Crippen MR) is 65.5 cm³/mol. The number of sulfonamides is 1. The number of carbonyl (C=O) groups is 1. The Kier molecular flexibility index (Phi) is 3.40. The van der Waals surface area contributed by atoms with E-state index >= 15 is 0 Å². The van der Waals surface area contributed by atoms with E-state index in [-0.39, 0.29) is 11.6 Å². The molecule has 1 fully saturated rings. The lowest BCUT2D eigenvalue weighted by molar-refractivity contribution is 0.0995. The number of hydrogen-bond donors (Lipinski definition) is 2. The van der Waals surface area contributed by atoms with Crippen LogP contribution in [0.3, 0.4) is 0 Å². The van der Waals surface area contributed by atoms with Crippen LogP contribution in [0.25, 0.3) is 0 Å². The van der Waals surface area contributed by atoms with Crippen LogP contribution in [-0.4, -0.2) is 48.2 Å². The second kappa shape index (κ2) is 4.69. The van der Waals surface area contributed by atoms with E-state index in [1.54, 1.807) is 6.07 Å². The first-order chi connectivity index (χ1) is 8.38. The van der Waals surface area contributed by atoms with E-state index in [1.807, 2.05) is 0 Å². The highest BCUT2D eigenvalue weighted by Crippen LogP contribution is 2.27. The Hall–Kier alpha value is -1.41. The number of nitrogens with zero attached hydrogens (tertiary/aromatic N) is 2. The molecule has 0 bridgehead atoms. The van der Waals surface area contributed by atoms with Crippen molar-refractivity contribution < 1.29 is 13.2 Å². The normalized spacial score (nSPS) is 18.9. The predicted octanol–water partition coefficient (Wildman–Crippen LogP) is -0.352. The number of carbonyl (C=O) groups excluding carboxylic acids is 1. The van der Waals surface area contributed by atoms with Crippen LogP contribution < -0.4 is 5.73 Å². The van der Waals surface area contributed by atoms with Gasteiger partial charge >= 0.3 is 0 Å². The van der Waals surface area contributed by atoms with Crippen molar-refractivity contribution in [1.29, 1.82) is 0 Å². The van der Waals surface area contributed by atoms with Gasteiger partial charge in [-0.05, 0) is 18.9 Å². The fourth-order valence-corrected chi connectivity index (χ4v) is 3.04. The molecule has 0 unspecified atom stereocenters. The summed E-state index contributed by atoms with van der Waals surface area (Å²) >= 11 is 0. The van der Waals surface area contributed by atoms with Crippen molar-refractivity contribution in [3.8, 4) is 0 Å². The third-order valence-corrected chi connectivity index (χ3v) is 4.52. The molecule has 1 saturated heterocycles. The molecule has 1 aliphatic heterocycles. The summed E-state index contributed by atoms with van der Waals surface area (Å²) < 4.78 is 24.2. The molecule has 1 amide bonds. The van der Waals surface area contributed by atoms with E-state index in [4.69, 9.17) is 5.73 Å². The average Bonchev–Trinajstić information content (AvgIpc) is 2.77. The standard InChI is InChI=1S/C10H16N4O3S/c1-18(16,17)14-4-2-7(3-5-14)8-6-9(10(11)15)13-12-8/h6-7H,2-5H2,1H3,(H2,11,15)(H,12,13). The minimum atomic E-state index is -3.11. The highest BCUT2D eigenvalue weighted by molar-refractivity contribution is 7.88. The lowest BCUT2D eigenvalue weighted by Crippen LogP contribution is -2.37. The highest BCUT2D eigenvalue weighted by atomic mass is 32.2. The minimum absolute atomic E-state index is 0.198. The lowest BCUT2D eigenvalue weighted by Gasteiger charge is -2.29. The number of primary amides is 1. The van der Waals surface area contributed by atoms with Crippen molar-refractivity contribution in [1.82, 2.24) is 14.5 Å². The van der Waals surface area contributed by atoms with Crippen LogP contribution in [0.5, 0.6) is 0 Å². The molecular formula is C10H16N4O3S. The van der Waals surface area contributed by atoms with Gasteiger partial charge in [0, 0.05) is 24.7 Å². The van der Waals surface area contributed by atoms with Crippen molar-refractivity contribution >= 4 is 15.9 Å². The molecule has 0 spiro atoms. The summed E-state index contributed by atoms with van der Waals surface area (Å²) in [5.74, 6) is -0.366. The zero-order valence-corrected chi connectivity index (χ0v) is 10.9. The molecule has 0 saturated carbocycles. The van der Waals surface area contributed by atoms with Crippen molar-refractivity contribution in [3.05, 3.63) is 17.5 Å². The Morgan fingerprint density at radius 2 is 2.11 bits per heavy atom. The number of rotatable bonds is 3. The van der Waals surface area contributed by atoms with Crippen molar-refractivity contribution in [2.24, 2.45) is 5.73 Å². The molecule has 2 heterocycles. The third-order valence-electron chi connectivity index (χ3n) is 3.21. The zero-order chi connectivity index (χ0) is 13.3. The molecule has 8 heteroatoms. The molecule has 1 aliphatic rings. The Morgan fingerprint density at radius 3 is 2.56 bits per heavy atom. The van der Waals surface area contributed by atoms with Gasteiger partial charge in [0.05, 0.1) is 6.26 Å². The first-order valence-corrected chi connectivity index (χ1v) is 7.53. The Labute approximate surface area is 105 Å². The van der Waals surface area contributed by atoms with Crippen LogP contribution in [0.1, 0.15) is 34.9 Å². The van der Waals surface area contributed by atoms with Gasteiger partial charge < -0.3 is 5.73 Å². The fourth-order valence-electron chi connectivity index (χ4n) is 2.17. The van der Waals surface area contributed by atoms with Gasteiger partial charge in [-0.25, -0.2) is 12.7 Å². The van der Waals surface area contributed by atoms with Crippen LogP contribution in [-0.2, 0) is 10.0 Å². The summed E-state index contributed by atoms with van der Waals surface area (Å²) in [5.41, 5.74) is 6.19. The highest BCUT2D eigenvalue weighted by Gasteiger charge is 2.27. The first kappa shape index (κ1) is 13.0. The second-order valence-electron chi connectivity index (χ2n) is 4.51. The molecule has 7 nitrogen and oxygen atoms in total. The zero-order valence-electron chi connectivity index (χ0n) is 10.1. The fraction of sp³-hybridized carbons (Fsp3) is 0.600. The molecule has 18 heavy (non-hydrogen) atoms. The SMILES string of the molecule is CS(=O)(=O)N1CCC(c2cc(C(N)=O)n[nH]2)CC1. The Balaban J connectivity index is 2.03. The topological polar surface area (TPSA) is 109 Å². The van der Waals surface area contributed by atoms with E-state index < -0.39 is 15.9 Å². The van der Waals surface area contributed by atoms with Crippen LogP contribution in [0.15, 0.2) is 6.07 Å². The smallest absolute Gasteiger partial charge is 0.269 e. The van der Waals surface area contributed by atoms with Crippen LogP contribution in [0, 0.1) is 0 Å². The van der Waals surface area contributed by atoms with Gasteiger partial charge in [-0.2, -0.15) is 5.10 Å². The van der Waals surface area contributed by atoms with Gasteiger partial charge in [0.1, 0.15) is 5.69 Å². The number of amides is 1. The lowest BCUT2D eigenvalue weighted by atomic mass is 9.94. The third kappa shape index (κ3) is 2.70. The summed E-state index contributed by atoms with van der Waals surface area (Å²) in [6, 6.07) is 1.64. The van der Waals surface area contributed by atoms with Crippen molar-refractivity contribution in [3.63, 3.8) is 0 Å². The van der Waals surface area contributed by atoms with Crippen LogP contribution >= 0.6 is 0 Å². The average molecular weight is 272 g/mol. The maximum atomic E-state index is 11.4. The monoisotopic (exact) mass is 272 g/mol. The van der Waals surface area contributed by atoms with Crippen LogP contribution in [0.4, 0.5) is 0 Å². The number of hydrogen-bond acceptors (Lipinski definition) is 4. The number of aromatic nitrogens is 2. The van der Waals surface area contributed by atoms with Gasteiger partial charge in [0.25, 0.3) is 5.91 Å². The van der Waals surface area contributed by atoms with E-state index in [2.05, 4.69) is 10.2 Å². The maximum absolute atomic E-state index is 11.4. The maximum Gasteiger partial charge on any atom is 0.269 e. The molecule has 0 aliphatic carbocycles. The quantitative estimate of drug-likeness (QED) is 0.783. The van der Waals surface area contributed by atoms with Gasteiger partial charge in [0.2, 0.25) is 10.0 Å². The molecule has 2 rings (SSSR count). The Bertz CT molecular complexity index is 543. The molecule has 100 valence electrons. The number of aromatic amines is 1. The minimum Gasteiger partial charge on any atom is -0.364 e. The van der Waals surface area contributed by atoms with Gasteiger partial charge in [0.15, 0.2) is 0 Å². The number of piperidine rings is 1. The first-order valence-electron chi connectivity index (χ1n) is 5.68. The molecular weight excluding hydrogens is 256 g/mol. The van der Waals surface area contributed by atoms with Crippen molar-refractivity contribution in [2.45, 2.75) is 18.8 Å². The number of nitrogens with one attached hydrogen (secondary N) is 1. The summed E-state index contributed by atoms with van der Waals surface area (Å²) in [5, 5.41) is 6.62. The Morgan fingerprint density at radius 1 is 1.50 bits per heavy atom. The largest absolute Gasteiger partial charge is 0.364 e. The summed E-state index contributed by atoms with van der Waals surface area (Å²) in [6.45, 7) is 0.989. The van der Waals surface area contributed by atoms with E-state index in [0.29, 0.717) is 25.9 Å². The molecule has 1 aromatic rings. The van der Waals surface area contributed by atoms with Gasteiger partial charge in [-0.3, -0.25) is 9.89 Å². The van der Waals surface area contributed by atoms with E-state index in [1.165, 1.54) is 10.6 Å². The molecule has 0 aromatic carbocycles.